The molecule has 3 heteroatoms. The predicted octanol–water partition coefficient (Wildman–Crippen LogP) is 4.97. The van der Waals surface area contributed by atoms with Crippen molar-refractivity contribution < 1.29 is 4.79 Å². The normalized spacial score (nSPS) is 11.1. The Morgan fingerprint density at radius 3 is 2.07 bits per heavy atom. The molecular weight excluding hydrogens is 344 g/mol. The molecule has 0 aliphatic heterocycles. The molecule has 3 aromatic carbocycles. The molecule has 3 nitrogen and oxygen atoms in total. The Bertz CT molecular complexity index is 1030. The Morgan fingerprint density at radius 2 is 1.43 bits per heavy atom. The molecular formula is C25H24N2O. The van der Waals surface area contributed by atoms with Crippen LogP contribution in [0.15, 0.2) is 84.9 Å². The third kappa shape index (κ3) is 3.70. The summed E-state index contributed by atoms with van der Waals surface area (Å²) in [7, 11) is 0. The molecule has 1 heterocycles. The van der Waals surface area contributed by atoms with Crippen molar-refractivity contribution in [2.75, 3.05) is 6.54 Å². The van der Waals surface area contributed by atoms with Gasteiger partial charge in [-0.2, -0.15) is 0 Å². The topological polar surface area (TPSA) is 44.9 Å². The van der Waals surface area contributed by atoms with Gasteiger partial charge in [-0.1, -0.05) is 78.9 Å². The Morgan fingerprint density at radius 1 is 0.857 bits per heavy atom. The van der Waals surface area contributed by atoms with E-state index in [-0.39, 0.29) is 11.8 Å². The average Bonchev–Trinajstić information content (AvgIpc) is 3.05. The number of fused-ring (bicyclic) bond motifs is 1. The number of para-hydroxylation sites is 1. The molecule has 1 aromatic heterocycles. The molecule has 0 spiro atoms. The van der Waals surface area contributed by atoms with E-state index in [4.69, 9.17) is 0 Å². The molecule has 0 saturated carbocycles. The molecule has 0 radical (unpaired) electrons. The van der Waals surface area contributed by atoms with Crippen LogP contribution in [0.5, 0.6) is 0 Å². The van der Waals surface area contributed by atoms with Crippen molar-refractivity contribution in [3.8, 4) is 0 Å². The molecule has 0 aliphatic carbocycles. The highest BCUT2D eigenvalue weighted by atomic mass is 16.1. The van der Waals surface area contributed by atoms with Crippen LogP contribution in [0, 0.1) is 6.92 Å². The number of hydrogen-bond acceptors (Lipinski definition) is 1. The van der Waals surface area contributed by atoms with Gasteiger partial charge in [0.25, 0.3) is 0 Å². The van der Waals surface area contributed by atoms with Gasteiger partial charge in [0.15, 0.2) is 0 Å². The number of carbonyl (C=O) groups is 1. The first-order chi connectivity index (χ1) is 13.7. The third-order valence-corrected chi connectivity index (χ3v) is 5.23. The lowest BCUT2D eigenvalue weighted by atomic mass is 9.90. The number of aryl methyl sites for hydroxylation is 1. The van der Waals surface area contributed by atoms with Gasteiger partial charge >= 0.3 is 0 Å². The van der Waals surface area contributed by atoms with Gasteiger partial charge in [0.2, 0.25) is 5.91 Å². The Hall–Kier alpha value is -3.33. The van der Waals surface area contributed by atoms with Crippen LogP contribution in [0.25, 0.3) is 10.9 Å². The SMILES string of the molecule is Cc1[nH]c2ccccc2c1CCNC(=O)C(c1ccccc1)c1ccccc1. The number of aromatic nitrogens is 1. The molecule has 140 valence electrons. The molecule has 2 N–H and O–H groups in total. The van der Waals surface area contributed by atoms with Crippen molar-refractivity contribution in [2.45, 2.75) is 19.3 Å². The molecule has 4 aromatic rings. The van der Waals surface area contributed by atoms with Crippen LogP contribution in [-0.2, 0) is 11.2 Å². The summed E-state index contributed by atoms with van der Waals surface area (Å²) < 4.78 is 0. The quantitative estimate of drug-likeness (QED) is 0.496. The monoisotopic (exact) mass is 368 g/mol. The van der Waals surface area contributed by atoms with E-state index in [9.17, 15) is 4.79 Å². The molecule has 0 fully saturated rings. The Labute approximate surface area is 165 Å². The van der Waals surface area contributed by atoms with Crippen molar-refractivity contribution in [2.24, 2.45) is 0 Å². The predicted molar refractivity (Wildman–Crippen MR) is 114 cm³/mol. The van der Waals surface area contributed by atoms with Crippen LogP contribution in [0.2, 0.25) is 0 Å². The molecule has 0 atom stereocenters. The summed E-state index contributed by atoms with van der Waals surface area (Å²) >= 11 is 0. The number of nitrogens with one attached hydrogen (secondary N) is 2. The van der Waals surface area contributed by atoms with E-state index in [1.165, 1.54) is 10.9 Å². The number of carbonyl (C=O) groups excluding carboxylic acids is 1. The van der Waals surface area contributed by atoms with Crippen LogP contribution < -0.4 is 5.32 Å². The van der Waals surface area contributed by atoms with Crippen molar-refractivity contribution in [3.63, 3.8) is 0 Å². The summed E-state index contributed by atoms with van der Waals surface area (Å²) in [4.78, 5) is 16.5. The summed E-state index contributed by atoms with van der Waals surface area (Å²) in [6.45, 7) is 2.70. The fraction of sp³-hybridized carbons (Fsp3) is 0.160. The van der Waals surface area contributed by atoms with Gasteiger partial charge < -0.3 is 10.3 Å². The van der Waals surface area contributed by atoms with Crippen LogP contribution >= 0.6 is 0 Å². The first kappa shape index (κ1) is 18.1. The number of benzene rings is 3. The molecule has 0 bridgehead atoms. The van der Waals surface area contributed by atoms with Crippen LogP contribution in [0.3, 0.4) is 0 Å². The lowest BCUT2D eigenvalue weighted by Gasteiger charge is -2.18. The fourth-order valence-electron chi connectivity index (χ4n) is 3.86. The number of amides is 1. The summed E-state index contributed by atoms with van der Waals surface area (Å²) in [5.74, 6) is -0.263. The minimum atomic E-state index is -0.300. The van der Waals surface area contributed by atoms with Crippen LogP contribution in [0.1, 0.15) is 28.3 Å². The molecule has 0 unspecified atom stereocenters. The smallest absolute Gasteiger partial charge is 0.232 e. The van der Waals surface area contributed by atoms with Crippen molar-refractivity contribution in [1.29, 1.82) is 0 Å². The van der Waals surface area contributed by atoms with Gasteiger partial charge in [-0.25, -0.2) is 0 Å². The van der Waals surface area contributed by atoms with Crippen LogP contribution in [0.4, 0.5) is 0 Å². The lowest BCUT2D eigenvalue weighted by Crippen LogP contribution is -2.31. The summed E-state index contributed by atoms with van der Waals surface area (Å²) in [6, 6.07) is 28.2. The van der Waals surface area contributed by atoms with E-state index >= 15 is 0 Å². The Kier molecular flexibility index (Phi) is 5.24. The van der Waals surface area contributed by atoms with E-state index in [1.54, 1.807) is 0 Å². The molecule has 4 rings (SSSR count). The van der Waals surface area contributed by atoms with E-state index in [2.05, 4.69) is 35.4 Å². The maximum Gasteiger partial charge on any atom is 0.232 e. The number of hydrogen-bond donors (Lipinski definition) is 2. The zero-order chi connectivity index (χ0) is 19.3. The number of H-pyrrole nitrogens is 1. The number of aromatic amines is 1. The third-order valence-electron chi connectivity index (χ3n) is 5.23. The molecule has 28 heavy (non-hydrogen) atoms. The van der Waals surface area contributed by atoms with Crippen LogP contribution in [-0.4, -0.2) is 17.4 Å². The van der Waals surface area contributed by atoms with Gasteiger partial charge in [-0.3, -0.25) is 4.79 Å². The van der Waals surface area contributed by atoms with Gasteiger partial charge in [0.05, 0.1) is 5.92 Å². The zero-order valence-electron chi connectivity index (χ0n) is 16.0. The largest absolute Gasteiger partial charge is 0.358 e. The standard InChI is InChI=1S/C25H24N2O/c1-18-21(22-14-8-9-15-23(22)27-18)16-17-26-25(28)24(19-10-4-2-5-11-19)20-12-6-3-7-13-20/h2-15,24,27H,16-17H2,1H3,(H,26,28). The van der Waals surface area contributed by atoms with E-state index in [1.807, 2.05) is 66.7 Å². The van der Waals surface area contributed by atoms with Gasteiger partial charge in [-0.05, 0) is 36.1 Å². The highest BCUT2D eigenvalue weighted by Gasteiger charge is 2.22. The van der Waals surface area contributed by atoms with E-state index in [0.717, 1.165) is 28.8 Å². The minimum absolute atomic E-state index is 0.0369. The second kappa shape index (κ2) is 8.13. The lowest BCUT2D eigenvalue weighted by molar-refractivity contribution is -0.121. The van der Waals surface area contributed by atoms with E-state index < -0.39 is 0 Å². The van der Waals surface area contributed by atoms with Crippen molar-refractivity contribution in [3.05, 3.63) is 107 Å². The Balaban J connectivity index is 1.51. The average molecular weight is 368 g/mol. The highest BCUT2D eigenvalue weighted by molar-refractivity contribution is 5.87. The van der Waals surface area contributed by atoms with E-state index in [0.29, 0.717) is 6.54 Å². The first-order valence-corrected chi connectivity index (χ1v) is 9.68. The highest BCUT2D eigenvalue weighted by Crippen LogP contribution is 2.25. The van der Waals surface area contributed by atoms with Crippen molar-refractivity contribution in [1.82, 2.24) is 10.3 Å². The maximum atomic E-state index is 13.1. The summed E-state index contributed by atoms with van der Waals surface area (Å²) in [6.07, 6.45) is 0.803. The second-order valence-electron chi connectivity index (χ2n) is 7.07. The summed E-state index contributed by atoms with van der Waals surface area (Å²) in [5, 5.41) is 4.39. The summed E-state index contributed by atoms with van der Waals surface area (Å²) in [5.41, 5.74) is 5.60. The van der Waals surface area contributed by atoms with Gasteiger partial charge in [0.1, 0.15) is 0 Å². The zero-order valence-corrected chi connectivity index (χ0v) is 16.0. The van der Waals surface area contributed by atoms with Gasteiger partial charge in [0, 0.05) is 23.1 Å². The number of rotatable bonds is 6. The fourth-order valence-corrected chi connectivity index (χ4v) is 3.86. The van der Waals surface area contributed by atoms with Crippen molar-refractivity contribution >= 4 is 16.8 Å². The molecule has 1 amide bonds. The molecule has 0 saturated heterocycles. The molecule has 0 aliphatic rings. The maximum absolute atomic E-state index is 13.1. The second-order valence-corrected chi connectivity index (χ2v) is 7.07. The first-order valence-electron chi connectivity index (χ1n) is 9.68. The van der Waals surface area contributed by atoms with Gasteiger partial charge in [-0.15, -0.1) is 0 Å². The minimum Gasteiger partial charge on any atom is -0.358 e.